The van der Waals surface area contributed by atoms with Crippen molar-refractivity contribution in [1.29, 1.82) is 0 Å². The highest BCUT2D eigenvalue weighted by molar-refractivity contribution is 6.32. The van der Waals surface area contributed by atoms with Crippen molar-refractivity contribution in [3.05, 3.63) is 75.1 Å². The number of amides is 1. The lowest BCUT2D eigenvalue weighted by atomic mass is 10.2. The summed E-state index contributed by atoms with van der Waals surface area (Å²) in [6.45, 7) is 4.76. The van der Waals surface area contributed by atoms with Crippen molar-refractivity contribution >= 4 is 40.4 Å². The molecule has 0 saturated carbocycles. The van der Waals surface area contributed by atoms with Crippen molar-refractivity contribution in [2.24, 2.45) is 5.10 Å². The molecular weight excluding hydrogens is 392 g/mol. The molecule has 0 radical (unpaired) electrons. The Morgan fingerprint density at radius 1 is 1.28 bits per heavy atom. The Hall–Kier alpha value is -3.52. The monoisotopic (exact) mass is 408 g/mol. The van der Waals surface area contributed by atoms with E-state index in [2.05, 4.69) is 25.1 Å². The molecule has 0 saturated heterocycles. The number of hydrogen-bond donors (Lipinski definition) is 1. The zero-order valence-corrected chi connectivity index (χ0v) is 16.5. The van der Waals surface area contributed by atoms with Crippen LogP contribution in [0.1, 0.15) is 28.7 Å². The van der Waals surface area contributed by atoms with Crippen LogP contribution >= 0.6 is 11.6 Å². The van der Waals surface area contributed by atoms with E-state index in [-0.39, 0.29) is 16.3 Å². The number of imidazole rings is 1. The topological polar surface area (TPSA) is 93.7 Å². The van der Waals surface area contributed by atoms with Crippen LogP contribution in [0.25, 0.3) is 16.7 Å². The number of halogens is 1. The van der Waals surface area contributed by atoms with Gasteiger partial charge in [-0.3, -0.25) is 14.0 Å². The molecule has 3 heterocycles. The fourth-order valence-corrected chi connectivity index (χ4v) is 3.41. The molecule has 4 rings (SSSR count). The van der Waals surface area contributed by atoms with E-state index >= 15 is 0 Å². The molecule has 0 aliphatic heterocycles. The summed E-state index contributed by atoms with van der Waals surface area (Å²) in [5, 5.41) is 3.89. The predicted molar refractivity (Wildman–Crippen MR) is 112 cm³/mol. The van der Waals surface area contributed by atoms with Gasteiger partial charge in [-0.25, -0.2) is 15.4 Å². The van der Waals surface area contributed by atoms with E-state index in [9.17, 15) is 9.59 Å². The third kappa shape index (κ3) is 3.38. The van der Waals surface area contributed by atoms with Crippen molar-refractivity contribution in [1.82, 2.24) is 24.4 Å². The quantitative estimate of drug-likeness (QED) is 0.319. The van der Waals surface area contributed by atoms with Gasteiger partial charge in [-0.2, -0.15) is 5.10 Å². The number of aryl methyl sites for hydroxylation is 2. The van der Waals surface area contributed by atoms with Crippen molar-refractivity contribution in [3.63, 3.8) is 0 Å². The van der Waals surface area contributed by atoms with Gasteiger partial charge in [0, 0.05) is 18.3 Å². The SMILES string of the molecule is CCn1c(C)nc2cc(C(=O)N/N=C/c3c(Cl)nc4ccccn4c3=O)ccc21. The first-order valence-electron chi connectivity index (χ1n) is 8.96. The van der Waals surface area contributed by atoms with Crippen LogP contribution in [0.4, 0.5) is 0 Å². The number of hydrazone groups is 1. The minimum absolute atomic E-state index is 0.0150. The van der Waals surface area contributed by atoms with E-state index in [1.165, 1.54) is 10.6 Å². The Labute approximate surface area is 170 Å². The molecule has 3 aromatic heterocycles. The number of nitrogens with one attached hydrogen (secondary N) is 1. The molecule has 0 fully saturated rings. The van der Waals surface area contributed by atoms with E-state index in [4.69, 9.17) is 11.6 Å². The van der Waals surface area contributed by atoms with Gasteiger partial charge >= 0.3 is 0 Å². The van der Waals surface area contributed by atoms with Crippen LogP contribution in [-0.2, 0) is 6.54 Å². The number of pyridine rings is 1. The average molecular weight is 409 g/mol. The number of benzene rings is 1. The third-order valence-corrected chi connectivity index (χ3v) is 4.89. The Morgan fingerprint density at radius 2 is 2.10 bits per heavy atom. The maximum absolute atomic E-state index is 12.5. The van der Waals surface area contributed by atoms with Gasteiger partial charge in [0.1, 0.15) is 16.6 Å². The summed E-state index contributed by atoms with van der Waals surface area (Å²) < 4.78 is 3.42. The molecule has 0 spiro atoms. The summed E-state index contributed by atoms with van der Waals surface area (Å²) in [6, 6.07) is 10.4. The highest BCUT2D eigenvalue weighted by Crippen LogP contribution is 2.17. The largest absolute Gasteiger partial charge is 0.329 e. The Morgan fingerprint density at radius 3 is 2.90 bits per heavy atom. The van der Waals surface area contributed by atoms with Gasteiger partial charge in [0.15, 0.2) is 0 Å². The minimum Gasteiger partial charge on any atom is -0.329 e. The number of fused-ring (bicyclic) bond motifs is 2. The maximum Gasteiger partial charge on any atom is 0.271 e. The van der Waals surface area contributed by atoms with E-state index in [0.717, 1.165) is 23.4 Å². The zero-order chi connectivity index (χ0) is 20.5. The number of rotatable bonds is 4. The predicted octanol–water partition coefficient (Wildman–Crippen LogP) is 2.79. The highest BCUT2D eigenvalue weighted by Gasteiger charge is 2.12. The molecule has 4 aromatic rings. The van der Waals surface area contributed by atoms with Gasteiger partial charge in [-0.05, 0) is 44.2 Å². The number of aromatic nitrogens is 4. The number of hydrogen-bond acceptors (Lipinski definition) is 5. The molecular formula is C20H17ClN6O2. The third-order valence-electron chi connectivity index (χ3n) is 4.60. The van der Waals surface area contributed by atoms with Crippen LogP contribution in [0.5, 0.6) is 0 Å². The second-order valence-corrected chi connectivity index (χ2v) is 6.71. The van der Waals surface area contributed by atoms with E-state index in [1.54, 1.807) is 36.5 Å². The standard InChI is InChI=1S/C20H17ClN6O2/c1-3-26-12(2)23-15-10-13(7-8-16(15)26)19(28)25-22-11-14-18(21)24-17-6-4-5-9-27(17)20(14)29/h4-11H,3H2,1-2H3,(H,25,28)/b22-11+. The summed E-state index contributed by atoms with van der Waals surface area (Å²) in [7, 11) is 0. The molecule has 1 amide bonds. The van der Waals surface area contributed by atoms with Crippen LogP contribution in [0.15, 0.2) is 52.5 Å². The van der Waals surface area contributed by atoms with Crippen LogP contribution < -0.4 is 11.0 Å². The van der Waals surface area contributed by atoms with Crippen molar-refractivity contribution in [2.45, 2.75) is 20.4 Å². The van der Waals surface area contributed by atoms with Crippen molar-refractivity contribution in [2.75, 3.05) is 0 Å². The Bertz CT molecular complexity index is 1340. The Kier molecular flexibility index (Phi) is 4.85. The normalized spacial score (nSPS) is 11.6. The summed E-state index contributed by atoms with van der Waals surface area (Å²) in [6.07, 6.45) is 2.78. The number of nitrogens with zero attached hydrogens (tertiary/aromatic N) is 5. The highest BCUT2D eigenvalue weighted by atomic mass is 35.5. The second-order valence-electron chi connectivity index (χ2n) is 6.36. The van der Waals surface area contributed by atoms with Gasteiger partial charge in [-0.1, -0.05) is 17.7 Å². The molecule has 0 aliphatic rings. The minimum atomic E-state index is -0.420. The van der Waals surface area contributed by atoms with Crippen LogP contribution in [0, 0.1) is 6.92 Å². The van der Waals surface area contributed by atoms with Gasteiger partial charge in [0.05, 0.1) is 22.8 Å². The number of carbonyl (C=O) groups excluding carboxylic acids is 1. The van der Waals surface area contributed by atoms with Gasteiger partial charge in [-0.15, -0.1) is 0 Å². The van der Waals surface area contributed by atoms with E-state index in [0.29, 0.717) is 11.2 Å². The molecule has 1 aromatic carbocycles. The van der Waals surface area contributed by atoms with Gasteiger partial charge in [0.25, 0.3) is 11.5 Å². The Balaban J connectivity index is 1.58. The summed E-state index contributed by atoms with van der Waals surface area (Å²) >= 11 is 6.10. The molecule has 0 unspecified atom stereocenters. The molecule has 0 bridgehead atoms. The molecule has 29 heavy (non-hydrogen) atoms. The lowest BCUT2D eigenvalue weighted by Crippen LogP contribution is -2.22. The molecule has 0 aliphatic carbocycles. The first-order chi connectivity index (χ1) is 14.0. The van der Waals surface area contributed by atoms with Crippen molar-refractivity contribution in [3.8, 4) is 0 Å². The van der Waals surface area contributed by atoms with Gasteiger partial charge in [0.2, 0.25) is 0 Å². The fourth-order valence-electron chi connectivity index (χ4n) is 3.19. The van der Waals surface area contributed by atoms with E-state index < -0.39 is 5.91 Å². The first kappa shape index (κ1) is 18.8. The average Bonchev–Trinajstić information content (AvgIpc) is 3.04. The molecule has 9 heteroatoms. The van der Waals surface area contributed by atoms with Crippen LogP contribution in [0.2, 0.25) is 5.15 Å². The summed E-state index contributed by atoms with van der Waals surface area (Å²) in [4.78, 5) is 33.6. The zero-order valence-electron chi connectivity index (χ0n) is 15.8. The van der Waals surface area contributed by atoms with Crippen LogP contribution in [0.3, 0.4) is 0 Å². The fraction of sp³-hybridized carbons (Fsp3) is 0.150. The number of carbonyl (C=O) groups is 1. The van der Waals surface area contributed by atoms with E-state index in [1.807, 2.05) is 19.9 Å². The molecule has 146 valence electrons. The van der Waals surface area contributed by atoms with Gasteiger partial charge < -0.3 is 4.57 Å². The summed E-state index contributed by atoms with van der Waals surface area (Å²) in [5.74, 6) is 0.467. The molecule has 8 nitrogen and oxygen atoms in total. The second kappa shape index (κ2) is 7.48. The molecule has 1 N–H and O–H groups in total. The smallest absolute Gasteiger partial charge is 0.271 e. The van der Waals surface area contributed by atoms with Crippen molar-refractivity contribution < 1.29 is 4.79 Å². The summed E-state index contributed by atoms with van der Waals surface area (Å²) in [5.41, 5.74) is 4.67. The lowest BCUT2D eigenvalue weighted by molar-refractivity contribution is 0.0955. The first-order valence-corrected chi connectivity index (χ1v) is 9.34. The lowest BCUT2D eigenvalue weighted by Gasteiger charge is -2.04. The molecule has 0 atom stereocenters. The maximum atomic E-state index is 12.5. The van der Waals surface area contributed by atoms with Crippen LogP contribution in [-0.4, -0.2) is 31.1 Å².